The third kappa shape index (κ3) is 4.12. The fourth-order valence-corrected chi connectivity index (χ4v) is 3.20. The summed E-state index contributed by atoms with van der Waals surface area (Å²) < 4.78 is 20.8. The first-order valence-corrected chi connectivity index (χ1v) is 9.43. The maximum atomic E-state index is 13.1. The number of halogens is 1. The molecule has 4 rings (SSSR count). The SMILES string of the molecule is Cc1cc(-c2nnc(-c3ccc(F)cc3)o2)c(C)n1CC(=O)NCc1cccnc1. The highest BCUT2D eigenvalue weighted by molar-refractivity contribution is 5.76. The molecule has 1 N–H and O–H groups in total. The van der Waals surface area contributed by atoms with Gasteiger partial charge in [-0.05, 0) is 55.8 Å². The standard InChI is InChI=1S/C22H20FN5O2/c1-14-10-19(22-27-26-21(30-22)17-5-7-18(23)8-6-17)15(2)28(14)13-20(29)25-12-16-4-3-9-24-11-16/h3-11H,12-13H2,1-2H3,(H,25,29). The van der Waals surface area contributed by atoms with Crippen LogP contribution in [-0.2, 0) is 17.9 Å². The Kier molecular flexibility index (Phi) is 5.38. The summed E-state index contributed by atoms with van der Waals surface area (Å²) in [6, 6.07) is 11.5. The molecule has 0 aliphatic rings. The highest BCUT2D eigenvalue weighted by Gasteiger charge is 2.18. The van der Waals surface area contributed by atoms with Crippen LogP contribution in [0.2, 0.25) is 0 Å². The second-order valence-electron chi connectivity index (χ2n) is 6.93. The summed E-state index contributed by atoms with van der Waals surface area (Å²) in [6.45, 7) is 4.42. The molecule has 0 atom stereocenters. The second-order valence-corrected chi connectivity index (χ2v) is 6.93. The Morgan fingerprint density at radius 3 is 2.63 bits per heavy atom. The molecule has 3 heterocycles. The molecule has 1 amide bonds. The molecule has 8 heteroatoms. The van der Waals surface area contributed by atoms with Gasteiger partial charge in [-0.25, -0.2) is 4.39 Å². The van der Waals surface area contributed by atoms with Gasteiger partial charge in [-0.2, -0.15) is 0 Å². The van der Waals surface area contributed by atoms with Crippen molar-refractivity contribution in [2.24, 2.45) is 0 Å². The molecule has 0 aliphatic heterocycles. The van der Waals surface area contributed by atoms with Crippen molar-refractivity contribution in [2.45, 2.75) is 26.9 Å². The lowest BCUT2D eigenvalue weighted by Gasteiger charge is -2.10. The predicted octanol–water partition coefficient (Wildman–Crippen LogP) is 3.67. The molecule has 152 valence electrons. The maximum Gasteiger partial charge on any atom is 0.249 e. The average molecular weight is 405 g/mol. The van der Waals surface area contributed by atoms with Crippen LogP contribution in [0.25, 0.3) is 22.9 Å². The van der Waals surface area contributed by atoms with Crippen LogP contribution in [0.4, 0.5) is 4.39 Å². The quantitative estimate of drug-likeness (QED) is 0.529. The number of nitrogens with one attached hydrogen (secondary N) is 1. The molecular formula is C22H20FN5O2. The summed E-state index contributed by atoms with van der Waals surface area (Å²) in [5, 5.41) is 11.1. The van der Waals surface area contributed by atoms with Gasteiger partial charge in [0.1, 0.15) is 12.4 Å². The van der Waals surface area contributed by atoms with Gasteiger partial charge in [0.15, 0.2) is 0 Å². The minimum absolute atomic E-state index is 0.107. The summed E-state index contributed by atoms with van der Waals surface area (Å²) in [6.07, 6.45) is 3.41. The Balaban J connectivity index is 1.49. The van der Waals surface area contributed by atoms with Crippen LogP contribution in [0.1, 0.15) is 17.0 Å². The number of hydrogen-bond donors (Lipinski definition) is 1. The third-order valence-electron chi connectivity index (χ3n) is 4.83. The lowest BCUT2D eigenvalue weighted by Crippen LogP contribution is -2.27. The van der Waals surface area contributed by atoms with Crippen molar-refractivity contribution in [2.75, 3.05) is 0 Å². The van der Waals surface area contributed by atoms with Gasteiger partial charge in [0.2, 0.25) is 17.7 Å². The molecule has 0 bridgehead atoms. The molecular weight excluding hydrogens is 385 g/mol. The van der Waals surface area contributed by atoms with Crippen molar-refractivity contribution in [3.05, 3.63) is 77.6 Å². The highest BCUT2D eigenvalue weighted by atomic mass is 19.1. The lowest BCUT2D eigenvalue weighted by atomic mass is 10.2. The van der Waals surface area contributed by atoms with Crippen LogP contribution in [0, 0.1) is 19.7 Å². The number of aromatic nitrogens is 4. The molecule has 0 saturated carbocycles. The summed E-state index contributed by atoms with van der Waals surface area (Å²) in [5.74, 6) is 0.224. The van der Waals surface area contributed by atoms with E-state index >= 15 is 0 Å². The fourth-order valence-electron chi connectivity index (χ4n) is 3.20. The molecule has 0 aliphatic carbocycles. The van der Waals surface area contributed by atoms with Crippen molar-refractivity contribution >= 4 is 5.91 Å². The smallest absolute Gasteiger partial charge is 0.249 e. The van der Waals surface area contributed by atoms with Gasteiger partial charge in [-0.1, -0.05) is 6.07 Å². The van der Waals surface area contributed by atoms with Crippen molar-refractivity contribution < 1.29 is 13.6 Å². The molecule has 1 aromatic carbocycles. The maximum absolute atomic E-state index is 13.1. The molecule has 3 aromatic heterocycles. The van der Waals surface area contributed by atoms with E-state index < -0.39 is 0 Å². The van der Waals surface area contributed by atoms with Gasteiger partial charge in [0.05, 0.1) is 5.56 Å². The zero-order valence-corrected chi connectivity index (χ0v) is 16.6. The van der Waals surface area contributed by atoms with E-state index in [1.165, 1.54) is 12.1 Å². The number of rotatable bonds is 6. The summed E-state index contributed by atoms with van der Waals surface area (Å²) >= 11 is 0. The Hall–Kier alpha value is -3.81. The molecule has 0 unspecified atom stereocenters. The zero-order valence-electron chi connectivity index (χ0n) is 16.6. The topological polar surface area (TPSA) is 85.8 Å². The molecule has 4 aromatic rings. The van der Waals surface area contributed by atoms with E-state index in [4.69, 9.17) is 4.42 Å². The van der Waals surface area contributed by atoms with Crippen molar-refractivity contribution in [3.8, 4) is 22.9 Å². The normalized spacial score (nSPS) is 10.9. The first-order chi connectivity index (χ1) is 14.5. The van der Waals surface area contributed by atoms with E-state index in [0.717, 1.165) is 22.5 Å². The van der Waals surface area contributed by atoms with E-state index in [0.29, 0.717) is 23.9 Å². The number of carbonyl (C=O) groups is 1. The first kappa shape index (κ1) is 19.5. The minimum atomic E-state index is -0.330. The Morgan fingerprint density at radius 2 is 1.90 bits per heavy atom. The van der Waals surface area contributed by atoms with Gasteiger partial charge in [-0.15, -0.1) is 10.2 Å². The first-order valence-electron chi connectivity index (χ1n) is 9.43. The number of carbonyl (C=O) groups excluding carboxylic acids is 1. The van der Waals surface area contributed by atoms with E-state index in [1.54, 1.807) is 24.5 Å². The monoisotopic (exact) mass is 405 g/mol. The second kappa shape index (κ2) is 8.28. The number of nitrogens with zero attached hydrogens (tertiary/aromatic N) is 4. The number of amides is 1. The van der Waals surface area contributed by atoms with Crippen LogP contribution < -0.4 is 5.32 Å². The van der Waals surface area contributed by atoms with Crippen LogP contribution in [0.3, 0.4) is 0 Å². The molecule has 0 spiro atoms. The zero-order chi connectivity index (χ0) is 21.1. The summed E-state index contributed by atoms with van der Waals surface area (Å²) in [5.41, 5.74) is 4.08. The van der Waals surface area contributed by atoms with E-state index in [1.807, 2.05) is 36.6 Å². The Bertz CT molecular complexity index is 1170. The molecule has 0 radical (unpaired) electrons. The number of aryl methyl sites for hydroxylation is 1. The van der Waals surface area contributed by atoms with Crippen LogP contribution in [0.5, 0.6) is 0 Å². The van der Waals surface area contributed by atoms with E-state index in [9.17, 15) is 9.18 Å². The highest BCUT2D eigenvalue weighted by Crippen LogP contribution is 2.28. The van der Waals surface area contributed by atoms with Crippen molar-refractivity contribution in [3.63, 3.8) is 0 Å². The largest absolute Gasteiger partial charge is 0.416 e. The van der Waals surface area contributed by atoms with Gasteiger partial charge >= 0.3 is 0 Å². The molecule has 7 nitrogen and oxygen atoms in total. The van der Waals surface area contributed by atoms with Gasteiger partial charge in [0.25, 0.3) is 0 Å². The molecule has 0 saturated heterocycles. The Morgan fingerprint density at radius 1 is 1.13 bits per heavy atom. The fraction of sp³-hybridized carbons (Fsp3) is 0.182. The van der Waals surface area contributed by atoms with Crippen LogP contribution in [0.15, 0.2) is 59.3 Å². The summed E-state index contributed by atoms with van der Waals surface area (Å²) in [7, 11) is 0. The van der Waals surface area contributed by atoms with Crippen molar-refractivity contribution in [1.29, 1.82) is 0 Å². The van der Waals surface area contributed by atoms with Gasteiger partial charge < -0.3 is 14.3 Å². The van der Waals surface area contributed by atoms with Crippen LogP contribution in [-0.4, -0.2) is 25.7 Å². The number of pyridine rings is 1. The molecule has 0 fully saturated rings. The lowest BCUT2D eigenvalue weighted by molar-refractivity contribution is -0.121. The van der Waals surface area contributed by atoms with Crippen LogP contribution >= 0.6 is 0 Å². The number of benzene rings is 1. The van der Waals surface area contributed by atoms with Crippen molar-refractivity contribution in [1.82, 2.24) is 25.1 Å². The molecule has 30 heavy (non-hydrogen) atoms. The van der Waals surface area contributed by atoms with E-state index in [-0.39, 0.29) is 18.3 Å². The minimum Gasteiger partial charge on any atom is -0.416 e. The van der Waals surface area contributed by atoms with Gasteiger partial charge in [-0.3, -0.25) is 9.78 Å². The predicted molar refractivity (Wildman–Crippen MR) is 109 cm³/mol. The number of hydrogen-bond acceptors (Lipinski definition) is 5. The third-order valence-corrected chi connectivity index (χ3v) is 4.83. The van der Waals surface area contributed by atoms with E-state index in [2.05, 4.69) is 20.5 Å². The average Bonchev–Trinajstić information content (AvgIpc) is 3.34. The Labute approximate surface area is 172 Å². The summed E-state index contributed by atoms with van der Waals surface area (Å²) in [4.78, 5) is 16.5. The van der Waals surface area contributed by atoms with Gasteiger partial charge in [0, 0.05) is 35.9 Å².